The summed E-state index contributed by atoms with van der Waals surface area (Å²) in [6, 6.07) is 4.47. The molecular formula is C18H23BrF2N2O4. The van der Waals surface area contributed by atoms with E-state index in [1.807, 2.05) is 0 Å². The standard InChI is InChI=1S/C18H23BrF2N2O4/c19-14-1-2-15(27-16(20)21)13(11-14)12-22-17(24)23-6-3-18(26-10-7-23)4-8-25-9-5-18/h1-2,11,16H,3-10,12H2,(H,22,24). The molecule has 150 valence electrons. The third-order valence-electron chi connectivity index (χ3n) is 4.97. The van der Waals surface area contributed by atoms with Crippen LogP contribution in [0.25, 0.3) is 0 Å². The van der Waals surface area contributed by atoms with Crippen molar-refractivity contribution >= 4 is 22.0 Å². The largest absolute Gasteiger partial charge is 0.434 e. The number of hydrogen-bond acceptors (Lipinski definition) is 4. The monoisotopic (exact) mass is 448 g/mol. The van der Waals surface area contributed by atoms with E-state index in [0.29, 0.717) is 38.5 Å². The lowest BCUT2D eigenvalue weighted by atomic mass is 9.90. The van der Waals surface area contributed by atoms with Crippen molar-refractivity contribution in [3.63, 3.8) is 0 Å². The van der Waals surface area contributed by atoms with Crippen LogP contribution >= 0.6 is 15.9 Å². The minimum Gasteiger partial charge on any atom is -0.434 e. The third-order valence-corrected chi connectivity index (χ3v) is 5.46. The van der Waals surface area contributed by atoms with Crippen LogP contribution in [-0.4, -0.2) is 56.1 Å². The van der Waals surface area contributed by atoms with E-state index < -0.39 is 6.61 Å². The fourth-order valence-corrected chi connectivity index (χ4v) is 3.82. The molecule has 2 heterocycles. The van der Waals surface area contributed by atoms with Gasteiger partial charge in [0.1, 0.15) is 5.75 Å². The molecule has 2 aliphatic heterocycles. The zero-order valence-corrected chi connectivity index (χ0v) is 16.5. The first-order valence-corrected chi connectivity index (χ1v) is 9.74. The maximum Gasteiger partial charge on any atom is 0.387 e. The van der Waals surface area contributed by atoms with Crippen LogP contribution in [0, 0.1) is 0 Å². The number of benzene rings is 1. The number of ether oxygens (including phenoxy) is 3. The number of carbonyl (C=O) groups excluding carboxylic acids is 1. The Morgan fingerprint density at radius 2 is 2.04 bits per heavy atom. The summed E-state index contributed by atoms with van der Waals surface area (Å²) in [6.45, 7) is 0.0990. The highest BCUT2D eigenvalue weighted by molar-refractivity contribution is 9.10. The van der Waals surface area contributed by atoms with Crippen molar-refractivity contribution in [2.75, 3.05) is 32.9 Å². The second-order valence-electron chi connectivity index (χ2n) is 6.67. The number of hydrogen-bond donors (Lipinski definition) is 1. The van der Waals surface area contributed by atoms with Gasteiger partial charge in [-0.1, -0.05) is 15.9 Å². The first-order valence-electron chi connectivity index (χ1n) is 8.95. The Morgan fingerprint density at radius 1 is 1.26 bits per heavy atom. The molecule has 0 aliphatic carbocycles. The minimum atomic E-state index is -2.92. The average Bonchev–Trinajstić information content (AvgIpc) is 2.84. The second kappa shape index (κ2) is 9.16. The summed E-state index contributed by atoms with van der Waals surface area (Å²) >= 11 is 3.30. The van der Waals surface area contributed by atoms with Crippen LogP contribution < -0.4 is 10.1 Å². The molecule has 9 heteroatoms. The van der Waals surface area contributed by atoms with E-state index in [0.717, 1.165) is 23.7 Å². The third kappa shape index (κ3) is 5.52. The van der Waals surface area contributed by atoms with Gasteiger partial charge < -0.3 is 24.4 Å². The number of carbonyl (C=O) groups is 1. The maximum atomic E-state index is 12.6. The van der Waals surface area contributed by atoms with Gasteiger partial charge in [0.2, 0.25) is 0 Å². The topological polar surface area (TPSA) is 60.0 Å². The Labute approximate surface area is 165 Å². The molecule has 0 atom stereocenters. The van der Waals surface area contributed by atoms with Gasteiger partial charge in [-0.05, 0) is 37.5 Å². The highest BCUT2D eigenvalue weighted by Gasteiger charge is 2.36. The van der Waals surface area contributed by atoms with Crippen molar-refractivity contribution in [2.45, 2.75) is 38.0 Å². The highest BCUT2D eigenvalue weighted by atomic mass is 79.9. The second-order valence-corrected chi connectivity index (χ2v) is 7.59. The van der Waals surface area contributed by atoms with Gasteiger partial charge >= 0.3 is 12.6 Å². The molecule has 0 radical (unpaired) electrons. The maximum absolute atomic E-state index is 12.6. The lowest BCUT2D eigenvalue weighted by molar-refractivity contribution is -0.105. The molecule has 27 heavy (non-hydrogen) atoms. The van der Waals surface area contributed by atoms with Crippen LogP contribution in [0.1, 0.15) is 24.8 Å². The Morgan fingerprint density at radius 3 is 2.78 bits per heavy atom. The summed E-state index contributed by atoms with van der Waals surface area (Å²) in [6.07, 6.45) is 2.45. The summed E-state index contributed by atoms with van der Waals surface area (Å²) in [4.78, 5) is 14.3. The number of urea groups is 1. The lowest BCUT2D eigenvalue weighted by Gasteiger charge is -2.35. The van der Waals surface area contributed by atoms with Gasteiger partial charge in [0.15, 0.2) is 0 Å². The van der Waals surface area contributed by atoms with Crippen LogP contribution in [-0.2, 0) is 16.0 Å². The van der Waals surface area contributed by atoms with Crippen LogP contribution in [0.3, 0.4) is 0 Å². The average molecular weight is 449 g/mol. The van der Waals surface area contributed by atoms with Crippen LogP contribution in [0.2, 0.25) is 0 Å². The molecule has 3 rings (SSSR count). The molecule has 1 aromatic rings. The van der Waals surface area contributed by atoms with Crippen molar-refractivity contribution in [1.29, 1.82) is 0 Å². The van der Waals surface area contributed by atoms with Gasteiger partial charge in [-0.15, -0.1) is 0 Å². The molecule has 2 amide bonds. The van der Waals surface area contributed by atoms with Gasteiger partial charge in [-0.2, -0.15) is 8.78 Å². The smallest absolute Gasteiger partial charge is 0.387 e. The minimum absolute atomic E-state index is 0.0499. The van der Waals surface area contributed by atoms with Crippen LogP contribution in [0.5, 0.6) is 5.75 Å². The van der Waals surface area contributed by atoms with E-state index >= 15 is 0 Å². The predicted molar refractivity (Wildman–Crippen MR) is 97.9 cm³/mol. The summed E-state index contributed by atoms with van der Waals surface area (Å²) in [7, 11) is 0. The van der Waals surface area contributed by atoms with Crippen molar-refractivity contribution < 1.29 is 27.8 Å². The van der Waals surface area contributed by atoms with Crippen molar-refractivity contribution in [2.24, 2.45) is 0 Å². The van der Waals surface area contributed by atoms with Crippen molar-refractivity contribution in [1.82, 2.24) is 10.2 Å². The number of alkyl halides is 2. The molecule has 0 unspecified atom stereocenters. The fourth-order valence-electron chi connectivity index (χ4n) is 3.42. The molecule has 0 saturated carbocycles. The van der Waals surface area contributed by atoms with Gasteiger partial charge in [0.05, 0.1) is 12.2 Å². The molecule has 6 nitrogen and oxygen atoms in total. The normalized spacial score (nSPS) is 19.8. The van der Waals surface area contributed by atoms with E-state index in [9.17, 15) is 13.6 Å². The lowest BCUT2D eigenvalue weighted by Crippen LogP contribution is -2.42. The first kappa shape index (κ1) is 20.3. The van der Waals surface area contributed by atoms with Gasteiger partial charge in [-0.25, -0.2) is 4.79 Å². The Bertz CT molecular complexity index is 656. The number of rotatable bonds is 4. The molecule has 2 fully saturated rings. The van der Waals surface area contributed by atoms with Gasteiger partial charge in [0.25, 0.3) is 0 Å². The molecule has 1 N–H and O–H groups in total. The summed E-state index contributed by atoms with van der Waals surface area (Å²) in [5.74, 6) is 0.0499. The van der Waals surface area contributed by atoms with Crippen molar-refractivity contribution in [3.05, 3.63) is 28.2 Å². The SMILES string of the molecule is O=C(NCc1cc(Br)ccc1OC(F)F)N1CCOC2(CCOCC2)CC1. The number of amides is 2. The molecule has 0 aromatic heterocycles. The molecule has 2 saturated heterocycles. The molecular weight excluding hydrogens is 426 g/mol. The molecule has 1 spiro atoms. The Kier molecular flexibility index (Phi) is 6.88. The van der Waals surface area contributed by atoms with E-state index in [1.54, 1.807) is 17.0 Å². The van der Waals surface area contributed by atoms with Gasteiger partial charge in [-0.3, -0.25) is 0 Å². The van der Waals surface area contributed by atoms with Crippen LogP contribution in [0.15, 0.2) is 22.7 Å². The number of nitrogens with zero attached hydrogens (tertiary/aromatic N) is 1. The summed E-state index contributed by atoms with van der Waals surface area (Å²) in [5.41, 5.74) is 0.278. The number of halogens is 3. The van der Waals surface area contributed by atoms with Crippen LogP contribution in [0.4, 0.5) is 13.6 Å². The highest BCUT2D eigenvalue weighted by Crippen LogP contribution is 2.31. The summed E-state index contributed by atoms with van der Waals surface area (Å²) < 4.78 is 41.8. The zero-order valence-electron chi connectivity index (χ0n) is 14.9. The van der Waals surface area contributed by atoms with E-state index in [1.165, 1.54) is 6.07 Å². The quantitative estimate of drug-likeness (QED) is 0.765. The zero-order chi connectivity index (χ0) is 19.3. The molecule has 2 aliphatic rings. The van der Waals surface area contributed by atoms with Crippen molar-refractivity contribution in [3.8, 4) is 5.75 Å². The first-order chi connectivity index (χ1) is 13.0. The fraction of sp³-hybridized carbons (Fsp3) is 0.611. The van der Waals surface area contributed by atoms with E-state index in [4.69, 9.17) is 9.47 Å². The van der Waals surface area contributed by atoms with E-state index in [-0.39, 0.29) is 23.9 Å². The van der Waals surface area contributed by atoms with Gasteiger partial charge in [0, 0.05) is 42.9 Å². The summed E-state index contributed by atoms with van der Waals surface area (Å²) in [5, 5.41) is 2.79. The van der Waals surface area contributed by atoms with E-state index in [2.05, 4.69) is 26.0 Å². The Hall–Kier alpha value is -1.45. The molecule has 1 aromatic carbocycles. The molecule has 0 bridgehead atoms. The predicted octanol–water partition coefficient (Wildman–Crippen LogP) is 3.53. The Balaban J connectivity index is 1.57. The number of nitrogens with one attached hydrogen (secondary N) is 1.